The van der Waals surface area contributed by atoms with Gasteiger partial charge in [-0.3, -0.25) is 4.79 Å². The zero-order valence-electron chi connectivity index (χ0n) is 15.3. The predicted octanol–water partition coefficient (Wildman–Crippen LogP) is 3.38. The van der Waals surface area contributed by atoms with Gasteiger partial charge in [0, 0.05) is 5.92 Å². The van der Waals surface area contributed by atoms with Crippen LogP contribution in [0.25, 0.3) is 11.1 Å². The molecular weight excluding hydrogens is 362 g/mol. The molecule has 2 aromatic rings. The molecule has 0 unspecified atom stereocenters. The van der Waals surface area contributed by atoms with E-state index in [1.165, 1.54) is 11.1 Å². The monoisotopic (exact) mass is 385 g/mol. The highest BCUT2D eigenvalue weighted by molar-refractivity contribution is 7.59. The lowest BCUT2D eigenvalue weighted by Crippen LogP contribution is -2.55. The summed E-state index contributed by atoms with van der Waals surface area (Å²) in [5, 5.41) is 2.69. The van der Waals surface area contributed by atoms with Crippen molar-refractivity contribution in [3.8, 4) is 11.1 Å². The van der Waals surface area contributed by atoms with Crippen LogP contribution in [0.3, 0.4) is 0 Å². The summed E-state index contributed by atoms with van der Waals surface area (Å²) >= 11 is 0. The first kappa shape index (κ1) is 19.5. The molecule has 1 aliphatic carbocycles. The van der Waals surface area contributed by atoms with Gasteiger partial charge in [-0.1, -0.05) is 48.5 Å². The number of fused-ring (bicyclic) bond motifs is 3. The first-order valence-corrected chi connectivity index (χ1v) is 8.79. The second-order valence-electron chi connectivity index (χ2n) is 7.03. The maximum Gasteiger partial charge on any atom is 0.408 e. The van der Waals surface area contributed by atoms with E-state index in [1.54, 1.807) is 13.8 Å². The molecule has 2 atom stereocenters. The Morgan fingerprint density at radius 1 is 1.15 bits per heavy atom. The number of alkyl carbamates (subject to hydrolysis) is 1. The topological polar surface area (TPSA) is 64.6 Å². The lowest BCUT2D eigenvalue weighted by molar-refractivity contribution is -0.121. The van der Waals surface area contributed by atoms with E-state index >= 15 is 0 Å². The Balaban J connectivity index is 0.00000210. The van der Waals surface area contributed by atoms with Gasteiger partial charge in [-0.15, -0.1) is 0 Å². The lowest BCUT2D eigenvalue weighted by atomic mass is 9.94. The molecule has 2 aromatic carbocycles. The molecule has 4 rings (SSSR count). The summed E-state index contributed by atoms with van der Waals surface area (Å²) in [6.45, 7) is 3.68. The molecule has 1 N–H and O–H groups in total. The van der Waals surface area contributed by atoms with E-state index in [4.69, 9.17) is 9.47 Å². The number of amides is 1. The number of hydrogen-bond acceptors (Lipinski definition) is 4. The molecule has 1 fully saturated rings. The van der Waals surface area contributed by atoms with Gasteiger partial charge in [0.2, 0.25) is 0 Å². The van der Waals surface area contributed by atoms with Gasteiger partial charge < -0.3 is 14.8 Å². The summed E-state index contributed by atoms with van der Waals surface area (Å²) < 4.78 is 10.8. The van der Waals surface area contributed by atoms with Crippen molar-refractivity contribution >= 4 is 25.4 Å². The van der Waals surface area contributed by atoms with E-state index in [2.05, 4.69) is 29.6 Å². The summed E-state index contributed by atoms with van der Waals surface area (Å²) in [5.74, 6) is -0.146. The van der Waals surface area contributed by atoms with Crippen LogP contribution in [0.15, 0.2) is 48.5 Å². The van der Waals surface area contributed by atoms with Crippen molar-refractivity contribution in [3.63, 3.8) is 0 Å². The predicted molar refractivity (Wildman–Crippen MR) is 107 cm³/mol. The summed E-state index contributed by atoms with van der Waals surface area (Å²) in [5.41, 5.74) is 3.62. The average Bonchev–Trinajstić information content (AvgIpc) is 3.10. The maximum absolute atomic E-state index is 12.3. The second-order valence-corrected chi connectivity index (χ2v) is 7.03. The number of benzene rings is 2. The van der Waals surface area contributed by atoms with E-state index in [-0.39, 0.29) is 44.5 Å². The Morgan fingerprint density at radius 3 is 2.22 bits per heavy atom. The fourth-order valence-corrected chi connectivity index (χ4v) is 3.76. The number of nitrogens with one attached hydrogen (secondary N) is 1. The normalized spacial score (nSPS) is 23.3. The van der Waals surface area contributed by atoms with Gasteiger partial charge >= 0.3 is 6.09 Å². The molecule has 0 bridgehead atoms. The van der Waals surface area contributed by atoms with Crippen molar-refractivity contribution in [2.24, 2.45) is 0 Å². The Bertz CT molecular complexity index is 838. The van der Waals surface area contributed by atoms with Crippen molar-refractivity contribution in [1.29, 1.82) is 0 Å². The average molecular weight is 385 g/mol. The van der Waals surface area contributed by atoms with E-state index in [0.29, 0.717) is 0 Å². The van der Waals surface area contributed by atoms with Crippen molar-refractivity contribution in [2.75, 3.05) is 13.2 Å². The Kier molecular flexibility index (Phi) is 5.31. The van der Waals surface area contributed by atoms with Crippen molar-refractivity contribution in [3.05, 3.63) is 59.7 Å². The van der Waals surface area contributed by atoms with Crippen LogP contribution in [0.5, 0.6) is 0 Å². The van der Waals surface area contributed by atoms with Gasteiger partial charge in [0.1, 0.15) is 18.8 Å². The molecule has 27 heavy (non-hydrogen) atoms. The third kappa shape index (κ3) is 3.24. The van der Waals surface area contributed by atoms with Crippen LogP contribution in [-0.4, -0.2) is 36.7 Å². The minimum Gasteiger partial charge on any atom is -0.449 e. The number of Topliss-reactive ketones (excluding diaryl/α,β-unsaturated/α-hetero) is 1. The van der Waals surface area contributed by atoms with Crippen LogP contribution in [0, 0.1) is 0 Å². The molecule has 142 valence electrons. The minimum atomic E-state index is -1.04. The highest BCUT2D eigenvalue weighted by Crippen LogP contribution is 2.44. The van der Waals surface area contributed by atoms with E-state index in [0.717, 1.165) is 11.1 Å². The molecule has 5 nitrogen and oxygen atoms in total. The lowest BCUT2D eigenvalue weighted by Gasteiger charge is -2.27. The summed E-state index contributed by atoms with van der Waals surface area (Å²) in [4.78, 5) is 24.4. The van der Waals surface area contributed by atoms with Gasteiger partial charge in [-0.05, 0) is 36.1 Å². The standard InChI is InChI=1S/C21H21NO4.H2S/c1-13-21(2,19(23)12-25-13)22-20(24)26-11-18-16-9-5-3-7-14(16)15-8-4-6-10-17(15)18;/h3-10,13,18H,11-12H2,1-2H3,(H,22,24);1H2/t13-,21+;/m0./s1. The van der Waals surface area contributed by atoms with Crippen LogP contribution in [-0.2, 0) is 14.3 Å². The Hall–Kier alpha value is -2.31. The SMILES string of the molecule is C[C@@H]1OCC(=O)[C@]1(C)NC(=O)OCC1c2ccccc2-c2ccccc21.S. The van der Waals surface area contributed by atoms with E-state index in [1.807, 2.05) is 24.3 Å². The zero-order valence-corrected chi connectivity index (χ0v) is 16.3. The van der Waals surface area contributed by atoms with Crippen molar-refractivity contribution in [1.82, 2.24) is 5.32 Å². The van der Waals surface area contributed by atoms with Gasteiger partial charge in [0.15, 0.2) is 5.78 Å². The zero-order chi connectivity index (χ0) is 18.3. The molecule has 1 aliphatic heterocycles. The molecular formula is C21H23NO4S. The molecule has 1 amide bonds. The molecule has 0 spiro atoms. The molecule has 2 aliphatic rings. The highest BCUT2D eigenvalue weighted by Gasteiger charge is 2.46. The first-order valence-electron chi connectivity index (χ1n) is 8.79. The summed E-state index contributed by atoms with van der Waals surface area (Å²) in [6.07, 6.45) is -0.976. The van der Waals surface area contributed by atoms with Gasteiger partial charge in [0.25, 0.3) is 0 Å². The minimum absolute atomic E-state index is 0. The molecule has 0 aromatic heterocycles. The Labute approximate surface area is 165 Å². The van der Waals surface area contributed by atoms with E-state index in [9.17, 15) is 9.59 Å². The number of rotatable bonds is 3. The third-order valence-electron chi connectivity index (χ3n) is 5.56. The molecule has 1 saturated heterocycles. The van der Waals surface area contributed by atoms with Gasteiger partial charge in [0.05, 0.1) is 6.10 Å². The summed E-state index contributed by atoms with van der Waals surface area (Å²) in [6, 6.07) is 16.3. The molecule has 0 radical (unpaired) electrons. The van der Waals surface area contributed by atoms with E-state index < -0.39 is 11.6 Å². The van der Waals surface area contributed by atoms with Gasteiger partial charge in [-0.2, -0.15) is 13.5 Å². The first-order chi connectivity index (χ1) is 12.5. The number of ether oxygens (including phenoxy) is 2. The number of ketones is 1. The number of hydrogen-bond donors (Lipinski definition) is 1. The fourth-order valence-electron chi connectivity index (χ4n) is 3.76. The van der Waals surface area contributed by atoms with Crippen molar-refractivity contribution in [2.45, 2.75) is 31.4 Å². The largest absolute Gasteiger partial charge is 0.449 e. The quantitative estimate of drug-likeness (QED) is 0.880. The molecule has 0 saturated carbocycles. The highest BCUT2D eigenvalue weighted by atomic mass is 32.1. The molecule has 6 heteroatoms. The van der Waals surface area contributed by atoms with Crippen molar-refractivity contribution < 1.29 is 19.1 Å². The smallest absolute Gasteiger partial charge is 0.408 e. The number of carbonyl (C=O) groups excluding carboxylic acids is 2. The fraction of sp³-hybridized carbons (Fsp3) is 0.333. The van der Waals surface area contributed by atoms with Crippen LogP contribution in [0.2, 0.25) is 0 Å². The maximum atomic E-state index is 12.3. The summed E-state index contributed by atoms with van der Waals surface area (Å²) in [7, 11) is 0. The van der Waals surface area contributed by atoms with Crippen LogP contribution >= 0.6 is 13.5 Å². The van der Waals surface area contributed by atoms with Gasteiger partial charge in [-0.25, -0.2) is 4.79 Å². The Morgan fingerprint density at radius 2 is 1.70 bits per heavy atom. The second kappa shape index (κ2) is 7.37. The van der Waals surface area contributed by atoms with Crippen LogP contribution in [0.1, 0.15) is 30.9 Å². The molecule has 1 heterocycles. The number of carbonyl (C=O) groups is 2. The van der Waals surface area contributed by atoms with Crippen LogP contribution in [0.4, 0.5) is 4.79 Å². The van der Waals surface area contributed by atoms with Crippen LogP contribution < -0.4 is 5.32 Å². The third-order valence-corrected chi connectivity index (χ3v) is 5.56.